The lowest BCUT2D eigenvalue weighted by atomic mass is 10.0. The number of nitrogens with zero attached hydrogens (tertiary/aromatic N) is 1. The lowest BCUT2D eigenvalue weighted by molar-refractivity contribution is -0.140. The molecule has 1 aliphatic rings. The highest BCUT2D eigenvalue weighted by molar-refractivity contribution is 7.99. The summed E-state index contributed by atoms with van der Waals surface area (Å²) in [6.07, 6.45) is 2.47. The molecule has 22 heavy (non-hydrogen) atoms. The first-order chi connectivity index (χ1) is 10.5. The fourth-order valence-electron chi connectivity index (χ4n) is 2.51. The molecule has 2 amide bonds. The van der Waals surface area contributed by atoms with E-state index < -0.39 is 23.6 Å². The molecule has 1 fully saturated rings. The highest BCUT2D eigenvalue weighted by Crippen LogP contribution is 2.24. The Morgan fingerprint density at radius 1 is 1.32 bits per heavy atom. The number of halogens is 2. The molecule has 1 atom stereocenters. The van der Waals surface area contributed by atoms with Crippen LogP contribution >= 0.6 is 11.8 Å². The number of piperidine rings is 1. The molecule has 1 aromatic rings. The van der Waals surface area contributed by atoms with Gasteiger partial charge in [0.2, 0.25) is 11.8 Å². The number of rotatable bonds is 5. The third-order valence-electron chi connectivity index (χ3n) is 3.62. The molecule has 1 aliphatic heterocycles. The first-order valence-corrected chi connectivity index (χ1v) is 8.14. The quantitative estimate of drug-likeness (QED) is 0.844. The number of thioether (sulfide) groups is 1. The zero-order valence-corrected chi connectivity index (χ0v) is 12.9. The van der Waals surface area contributed by atoms with Crippen molar-refractivity contribution >= 4 is 23.6 Å². The summed E-state index contributed by atoms with van der Waals surface area (Å²) in [5, 5.41) is 0. The zero-order valence-electron chi connectivity index (χ0n) is 12.1. The van der Waals surface area contributed by atoms with E-state index in [9.17, 15) is 18.4 Å². The summed E-state index contributed by atoms with van der Waals surface area (Å²) in [6, 6.07) is 2.68. The zero-order chi connectivity index (χ0) is 16.1. The maximum Gasteiger partial charge on any atom is 0.240 e. The van der Waals surface area contributed by atoms with E-state index in [0.29, 0.717) is 18.7 Å². The number of hydrogen-bond acceptors (Lipinski definition) is 3. The molecule has 1 unspecified atom stereocenters. The Hall–Kier alpha value is -1.63. The Morgan fingerprint density at radius 2 is 2.09 bits per heavy atom. The van der Waals surface area contributed by atoms with Gasteiger partial charge in [0.05, 0.1) is 0 Å². The number of amides is 2. The molecule has 0 aromatic heterocycles. The molecule has 120 valence electrons. The van der Waals surface area contributed by atoms with Crippen LogP contribution in [0.25, 0.3) is 0 Å². The van der Waals surface area contributed by atoms with Crippen LogP contribution in [0.4, 0.5) is 8.78 Å². The van der Waals surface area contributed by atoms with Crippen LogP contribution in [0.1, 0.15) is 25.7 Å². The maximum atomic E-state index is 13.5. The van der Waals surface area contributed by atoms with Crippen molar-refractivity contribution in [3.8, 4) is 0 Å². The number of likely N-dealkylation sites (tertiary alicyclic amines) is 1. The normalized spacial score (nSPS) is 18.3. The molecule has 1 aromatic carbocycles. The summed E-state index contributed by atoms with van der Waals surface area (Å²) in [6.45, 7) is 0.519. The van der Waals surface area contributed by atoms with Crippen molar-refractivity contribution < 1.29 is 18.4 Å². The van der Waals surface area contributed by atoms with Crippen molar-refractivity contribution in [2.75, 3.05) is 12.3 Å². The van der Waals surface area contributed by atoms with Gasteiger partial charge in [-0.15, -0.1) is 11.8 Å². The topological polar surface area (TPSA) is 63.4 Å². The summed E-state index contributed by atoms with van der Waals surface area (Å²) in [4.78, 5) is 25.3. The van der Waals surface area contributed by atoms with Gasteiger partial charge in [-0.1, -0.05) is 0 Å². The van der Waals surface area contributed by atoms with Gasteiger partial charge in [-0.25, -0.2) is 8.78 Å². The Labute approximate surface area is 132 Å². The number of primary amides is 1. The van der Waals surface area contributed by atoms with Crippen LogP contribution in [0.15, 0.2) is 23.1 Å². The van der Waals surface area contributed by atoms with E-state index in [-0.39, 0.29) is 17.2 Å². The van der Waals surface area contributed by atoms with Gasteiger partial charge >= 0.3 is 0 Å². The molecule has 0 spiro atoms. The fourth-order valence-corrected chi connectivity index (χ4v) is 3.40. The van der Waals surface area contributed by atoms with E-state index in [1.165, 1.54) is 4.90 Å². The monoisotopic (exact) mass is 328 g/mol. The largest absolute Gasteiger partial charge is 0.368 e. The highest BCUT2D eigenvalue weighted by Gasteiger charge is 2.30. The van der Waals surface area contributed by atoms with Crippen LogP contribution in [-0.4, -0.2) is 35.1 Å². The van der Waals surface area contributed by atoms with Crippen molar-refractivity contribution in [2.45, 2.75) is 36.6 Å². The standard InChI is InChI=1S/C15H18F2N2O2S/c16-10-4-5-11(17)13(9-10)22-8-6-14(20)19-7-2-1-3-12(19)15(18)21/h4-5,9,12H,1-3,6-8H2,(H2,18,21). The van der Waals surface area contributed by atoms with Gasteiger partial charge in [0.1, 0.15) is 17.7 Å². The summed E-state index contributed by atoms with van der Waals surface area (Å²) in [7, 11) is 0. The van der Waals surface area contributed by atoms with E-state index >= 15 is 0 Å². The molecule has 2 rings (SSSR count). The van der Waals surface area contributed by atoms with Gasteiger partial charge in [0.15, 0.2) is 0 Å². The lowest BCUT2D eigenvalue weighted by Crippen LogP contribution is -2.50. The van der Waals surface area contributed by atoms with E-state index in [1.807, 2.05) is 0 Å². The minimum atomic E-state index is -0.544. The lowest BCUT2D eigenvalue weighted by Gasteiger charge is -2.33. The van der Waals surface area contributed by atoms with Gasteiger partial charge in [-0.3, -0.25) is 9.59 Å². The first-order valence-electron chi connectivity index (χ1n) is 7.15. The van der Waals surface area contributed by atoms with Gasteiger partial charge in [-0.05, 0) is 37.5 Å². The number of carbonyl (C=O) groups excluding carboxylic acids is 2. The molecule has 0 saturated carbocycles. The molecule has 4 nitrogen and oxygen atoms in total. The van der Waals surface area contributed by atoms with E-state index in [4.69, 9.17) is 5.73 Å². The molecule has 0 radical (unpaired) electrons. The van der Waals surface area contributed by atoms with Gasteiger partial charge in [0, 0.05) is 23.6 Å². The Balaban J connectivity index is 1.89. The first kappa shape index (κ1) is 16.7. The highest BCUT2D eigenvalue weighted by atomic mass is 32.2. The minimum Gasteiger partial charge on any atom is -0.368 e. The van der Waals surface area contributed by atoms with Gasteiger partial charge in [-0.2, -0.15) is 0 Å². The van der Waals surface area contributed by atoms with Gasteiger partial charge in [0.25, 0.3) is 0 Å². The minimum absolute atomic E-state index is 0.157. The average Bonchev–Trinajstić information content (AvgIpc) is 2.50. The van der Waals surface area contributed by atoms with Crippen molar-refractivity contribution in [2.24, 2.45) is 5.73 Å². The number of nitrogens with two attached hydrogens (primary N) is 1. The third-order valence-corrected chi connectivity index (χ3v) is 4.65. The van der Waals surface area contributed by atoms with Crippen molar-refractivity contribution in [1.82, 2.24) is 4.90 Å². The fraction of sp³-hybridized carbons (Fsp3) is 0.467. The van der Waals surface area contributed by atoms with Crippen molar-refractivity contribution in [3.05, 3.63) is 29.8 Å². The maximum absolute atomic E-state index is 13.5. The van der Waals surface area contributed by atoms with E-state index in [1.54, 1.807) is 0 Å². The summed E-state index contributed by atoms with van der Waals surface area (Å²) >= 11 is 1.08. The second kappa shape index (κ2) is 7.58. The SMILES string of the molecule is NC(=O)C1CCCCN1C(=O)CCSc1cc(F)ccc1F. The van der Waals surface area contributed by atoms with Gasteiger partial charge < -0.3 is 10.6 Å². The van der Waals surface area contributed by atoms with Crippen LogP contribution in [-0.2, 0) is 9.59 Å². The summed E-state index contributed by atoms with van der Waals surface area (Å²) in [5.41, 5.74) is 5.32. The molecule has 0 aliphatic carbocycles. The molecule has 1 saturated heterocycles. The molecular formula is C15H18F2N2O2S. The van der Waals surface area contributed by atoms with E-state index in [2.05, 4.69) is 0 Å². The average molecular weight is 328 g/mol. The molecule has 0 bridgehead atoms. The van der Waals surface area contributed by atoms with E-state index in [0.717, 1.165) is 42.8 Å². The second-order valence-corrected chi connectivity index (χ2v) is 6.31. The molecule has 7 heteroatoms. The molecule has 1 heterocycles. The van der Waals surface area contributed by atoms with Crippen LogP contribution in [0, 0.1) is 11.6 Å². The predicted molar refractivity (Wildman–Crippen MR) is 80.2 cm³/mol. The van der Waals surface area contributed by atoms with Crippen LogP contribution in [0.5, 0.6) is 0 Å². The Morgan fingerprint density at radius 3 is 2.82 bits per heavy atom. The number of benzene rings is 1. The molecular weight excluding hydrogens is 310 g/mol. The molecule has 2 N–H and O–H groups in total. The number of hydrogen-bond donors (Lipinski definition) is 1. The summed E-state index contributed by atoms with van der Waals surface area (Å²) < 4.78 is 26.5. The van der Waals surface area contributed by atoms with Crippen LogP contribution < -0.4 is 5.73 Å². The number of carbonyl (C=O) groups is 2. The van der Waals surface area contributed by atoms with Crippen molar-refractivity contribution in [1.29, 1.82) is 0 Å². The van der Waals surface area contributed by atoms with Crippen molar-refractivity contribution in [3.63, 3.8) is 0 Å². The smallest absolute Gasteiger partial charge is 0.240 e. The Bertz CT molecular complexity index is 568. The van der Waals surface area contributed by atoms with Crippen LogP contribution in [0.2, 0.25) is 0 Å². The van der Waals surface area contributed by atoms with Crippen LogP contribution in [0.3, 0.4) is 0 Å². The Kier molecular flexibility index (Phi) is 5.76. The predicted octanol–water partition coefficient (Wildman–Crippen LogP) is 2.31. The third kappa shape index (κ3) is 4.19. The second-order valence-electron chi connectivity index (χ2n) is 5.17. The summed E-state index contributed by atoms with van der Waals surface area (Å²) in [5.74, 6) is -1.36.